The number of hydrogen-bond acceptors (Lipinski definition) is 3. The highest BCUT2D eigenvalue weighted by Crippen LogP contribution is 2.12. The largest absolute Gasteiger partial charge is 0.305 e. The predicted octanol–water partition coefficient (Wildman–Crippen LogP) is 2.49. The van der Waals surface area contributed by atoms with E-state index in [-0.39, 0.29) is 5.91 Å². The van der Waals surface area contributed by atoms with Gasteiger partial charge in [0.15, 0.2) is 5.82 Å². The van der Waals surface area contributed by atoms with Crippen LogP contribution in [0.15, 0.2) is 47.1 Å². The van der Waals surface area contributed by atoms with Crippen LogP contribution < -0.4 is 5.32 Å². The molecule has 1 aromatic carbocycles. The van der Waals surface area contributed by atoms with E-state index in [9.17, 15) is 4.79 Å². The molecular formula is C11H8BrN3O. The molecule has 80 valence electrons. The summed E-state index contributed by atoms with van der Waals surface area (Å²) in [6.45, 7) is 0. The van der Waals surface area contributed by atoms with Gasteiger partial charge in [-0.25, -0.2) is 0 Å². The molecule has 0 atom stereocenters. The fourth-order valence-corrected chi connectivity index (χ4v) is 1.59. The number of amides is 1. The number of halogens is 1. The number of rotatable bonds is 2. The monoisotopic (exact) mass is 277 g/mol. The van der Waals surface area contributed by atoms with E-state index in [1.54, 1.807) is 36.5 Å². The van der Waals surface area contributed by atoms with Crippen molar-refractivity contribution in [3.8, 4) is 0 Å². The standard InChI is InChI=1S/C11H8BrN3O/c12-9-4-1-3-8(7-9)11(16)14-10-5-2-6-13-15-10/h1-7H,(H,14,15,16). The van der Waals surface area contributed by atoms with E-state index in [2.05, 4.69) is 31.4 Å². The zero-order valence-electron chi connectivity index (χ0n) is 8.22. The molecule has 0 saturated heterocycles. The Kier molecular flexibility index (Phi) is 3.26. The Hall–Kier alpha value is -1.75. The van der Waals surface area contributed by atoms with Crippen molar-refractivity contribution in [1.29, 1.82) is 0 Å². The predicted molar refractivity (Wildman–Crippen MR) is 64.1 cm³/mol. The van der Waals surface area contributed by atoms with Crippen LogP contribution in [-0.4, -0.2) is 16.1 Å². The summed E-state index contributed by atoms with van der Waals surface area (Å²) >= 11 is 3.31. The zero-order valence-corrected chi connectivity index (χ0v) is 9.81. The van der Waals surface area contributed by atoms with Gasteiger partial charge in [0.1, 0.15) is 0 Å². The second-order valence-corrected chi connectivity index (χ2v) is 3.99. The van der Waals surface area contributed by atoms with Gasteiger partial charge in [-0.15, -0.1) is 5.10 Å². The zero-order chi connectivity index (χ0) is 11.4. The highest BCUT2D eigenvalue weighted by Gasteiger charge is 2.06. The Morgan fingerprint density at radius 3 is 2.81 bits per heavy atom. The maximum absolute atomic E-state index is 11.8. The third-order valence-electron chi connectivity index (χ3n) is 1.90. The molecule has 1 heterocycles. The lowest BCUT2D eigenvalue weighted by Crippen LogP contribution is -2.13. The van der Waals surface area contributed by atoms with Crippen LogP contribution in [0.3, 0.4) is 0 Å². The maximum atomic E-state index is 11.8. The molecule has 16 heavy (non-hydrogen) atoms. The van der Waals surface area contributed by atoms with Gasteiger partial charge in [-0.1, -0.05) is 22.0 Å². The molecule has 2 aromatic rings. The minimum atomic E-state index is -0.207. The van der Waals surface area contributed by atoms with E-state index in [4.69, 9.17) is 0 Å². The van der Waals surface area contributed by atoms with Crippen LogP contribution in [0.1, 0.15) is 10.4 Å². The summed E-state index contributed by atoms with van der Waals surface area (Å²) < 4.78 is 0.860. The number of anilines is 1. The van der Waals surface area contributed by atoms with Crippen LogP contribution in [-0.2, 0) is 0 Å². The van der Waals surface area contributed by atoms with Gasteiger partial charge in [0.2, 0.25) is 0 Å². The smallest absolute Gasteiger partial charge is 0.256 e. The first-order valence-electron chi connectivity index (χ1n) is 4.60. The Bertz CT molecular complexity index is 502. The van der Waals surface area contributed by atoms with Crippen LogP contribution in [0.4, 0.5) is 5.82 Å². The summed E-state index contributed by atoms with van der Waals surface area (Å²) in [5.74, 6) is 0.231. The molecule has 2 rings (SSSR count). The van der Waals surface area contributed by atoms with Gasteiger partial charge in [0.05, 0.1) is 0 Å². The van der Waals surface area contributed by atoms with Crippen molar-refractivity contribution in [3.05, 3.63) is 52.6 Å². The van der Waals surface area contributed by atoms with E-state index in [0.717, 1.165) is 4.47 Å². The molecule has 0 spiro atoms. The van der Waals surface area contributed by atoms with Gasteiger partial charge in [-0.2, -0.15) is 5.10 Å². The number of nitrogens with zero attached hydrogens (tertiary/aromatic N) is 2. The van der Waals surface area contributed by atoms with Crippen molar-refractivity contribution in [3.63, 3.8) is 0 Å². The average Bonchev–Trinajstić information content (AvgIpc) is 2.30. The van der Waals surface area contributed by atoms with Crippen molar-refractivity contribution in [1.82, 2.24) is 10.2 Å². The van der Waals surface area contributed by atoms with E-state index in [0.29, 0.717) is 11.4 Å². The van der Waals surface area contributed by atoms with E-state index < -0.39 is 0 Å². The second-order valence-electron chi connectivity index (χ2n) is 3.07. The lowest BCUT2D eigenvalue weighted by atomic mass is 10.2. The van der Waals surface area contributed by atoms with Crippen LogP contribution in [0.2, 0.25) is 0 Å². The van der Waals surface area contributed by atoms with Gasteiger partial charge >= 0.3 is 0 Å². The van der Waals surface area contributed by atoms with Crippen molar-refractivity contribution in [2.45, 2.75) is 0 Å². The fraction of sp³-hybridized carbons (Fsp3) is 0. The molecule has 1 N–H and O–H groups in total. The summed E-state index contributed by atoms with van der Waals surface area (Å²) in [6.07, 6.45) is 1.55. The number of carbonyl (C=O) groups is 1. The summed E-state index contributed by atoms with van der Waals surface area (Å²) in [4.78, 5) is 11.8. The molecule has 1 aromatic heterocycles. The Morgan fingerprint density at radius 2 is 2.12 bits per heavy atom. The van der Waals surface area contributed by atoms with Gasteiger partial charge < -0.3 is 5.32 Å². The first kappa shape index (κ1) is 10.8. The molecule has 0 fully saturated rings. The molecule has 0 aliphatic heterocycles. The van der Waals surface area contributed by atoms with Gasteiger partial charge in [-0.3, -0.25) is 4.79 Å². The molecule has 0 aliphatic rings. The lowest BCUT2D eigenvalue weighted by molar-refractivity contribution is 0.102. The highest BCUT2D eigenvalue weighted by molar-refractivity contribution is 9.10. The number of carbonyl (C=O) groups excluding carboxylic acids is 1. The van der Waals surface area contributed by atoms with E-state index >= 15 is 0 Å². The fourth-order valence-electron chi connectivity index (χ4n) is 1.19. The first-order valence-corrected chi connectivity index (χ1v) is 5.39. The Balaban J connectivity index is 2.15. The third-order valence-corrected chi connectivity index (χ3v) is 2.39. The van der Waals surface area contributed by atoms with Crippen molar-refractivity contribution in [2.75, 3.05) is 5.32 Å². The molecule has 5 heteroatoms. The number of benzene rings is 1. The summed E-state index contributed by atoms with van der Waals surface area (Å²) in [7, 11) is 0. The van der Waals surface area contributed by atoms with Gasteiger partial charge in [0, 0.05) is 16.2 Å². The van der Waals surface area contributed by atoms with E-state index in [1.807, 2.05) is 6.07 Å². The molecule has 0 saturated carbocycles. The average molecular weight is 278 g/mol. The van der Waals surface area contributed by atoms with Crippen LogP contribution in [0.5, 0.6) is 0 Å². The summed E-state index contributed by atoms with van der Waals surface area (Å²) in [5.41, 5.74) is 0.569. The molecule has 0 unspecified atom stereocenters. The van der Waals surface area contributed by atoms with Crippen LogP contribution in [0, 0.1) is 0 Å². The topological polar surface area (TPSA) is 54.9 Å². The first-order chi connectivity index (χ1) is 7.75. The maximum Gasteiger partial charge on any atom is 0.256 e. The molecule has 0 aliphatic carbocycles. The minimum absolute atomic E-state index is 0.207. The molecular weight excluding hydrogens is 270 g/mol. The van der Waals surface area contributed by atoms with Gasteiger partial charge in [0.25, 0.3) is 5.91 Å². The molecule has 0 bridgehead atoms. The van der Waals surface area contributed by atoms with Gasteiger partial charge in [-0.05, 0) is 30.3 Å². The van der Waals surface area contributed by atoms with E-state index in [1.165, 1.54) is 0 Å². The Labute approximate surface area is 101 Å². The van der Waals surface area contributed by atoms with Crippen molar-refractivity contribution < 1.29 is 4.79 Å². The lowest BCUT2D eigenvalue weighted by Gasteiger charge is -2.03. The SMILES string of the molecule is O=C(Nc1cccnn1)c1cccc(Br)c1. The number of hydrogen-bond donors (Lipinski definition) is 1. The normalized spacial score (nSPS) is 9.81. The molecule has 4 nitrogen and oxygen atoms in total. The van der Waals surface area contributed by atoms with Crippen molar-refractivity contribution in [2.24, 2.45) is 0 Å². The van der Waals surface area contributed by atoms with Crippen LogP contribution in [0.25, 0.3) is 0 Å². The Morgan fingerprint density at radius 1 is 1.25 bits per heavy atom. The molecule has 1 amide bonds. The highest BCUT2D eigenvalue weighted by atomic mass is 79.9. The van der Waals surface area contributed by atoms with Crippen molar-refractivity contribution >= 4 is 27.7 Å². The third kappa shape index (κ3) is 2.64. The number of nitrogens with one attached hydrogen (secondary N) is 1. The van der Waals surface area contributed by atoms with Crippen LogP contribution >= 0.6 is 15.9 Å². The summed E-state index contributed by atoms with van der Waals surface area (Å²) in [6, 6.07) is 10.5. The second kappa shape index (κ2) is 4.85. The quantitative estimate of drug-likeness (QED) is 0.918. The molecule has 0 radical (unpaired) electrons. The summed E-state index contributed by atoms with van der Waals surface area (Å²) in [5, 5.41) is 10.1. The minimum Gasteiger partial charge on any atom is -0.305 e. The number of aromatic nitrogens is 2.